The molecule has 0 bridgehead atoms. The van der Waals surface area contributed by atoms with Crippen LogP contribution in [0.3, 0.4) is 0 Å². The van der Waals surface area contributed by atoms with Gasteiger partial charge in [0, 0.05) is 6.54 Å². The summed E-state index contributed by atoms with van der Waals surface area (Å²) in [6, 6.07) is 5.81. The highest BCUT2D eigenvalue weighted by Gasteiger charge is 2.28. The second kappa shape index (κ2) is 4.60. The van der Waals surface area contributed by atoms with Gasteiger partial charge in [-0.15, -0.1) is 0 Å². The van der Waals surface area contributed by atoms with Gasteiger partial charge in [-0.05, 0) is 17.7 Å². The van der Waals surface area contributed by atoms with Gasteiger partial charge in [-0.2, -0.15) is 0 Å². The van der Waals surface area contributed by atoms with E-state index in [4.69, 9.17) is 17.2 Å². The van der Waals surface area contributed by atoms with E-state index in [2.05, 4.69) is 0 Å². The fourth-order valence-corrected chi connectivity index (χ4v) is 2.23. The molecule has 1 aromatic carbocycles. The molecule has 0 aliphatic heterocycles. The molecule has 7 heteroatoms. The molecule has 6 nitrogen and oxygen atoms in total. The van der Waals surface area contributed by atoms with Gasteiger partial charge < -0.3 is 17.2 Å². The third-order valence-electron chi connectivity index (χ3n) is 2.10. The average Bonchev–Trinajstić information content (AvgIpc) is 2.28. The quantitative estimate of drug-likeness (QED) is 0.604. The van der Waals surface area contributed by atoms with E-state index >= 15 is 0 Å². The van der Waals surface area contributed by atoms with Gasteiger partial charge in [0.05, 0.1) is 4.90 Å². The Morgan fingerprint density at radius 2 is 1.75 bits per heavy atom. The minimum absolute atomic E-state index is 0.0454. The smallest absolute Gasteiger partial charge is 0.250 e. The third-order valence-corrected chi connectivity index (χ3v) is 3.93. The van der Waals surface area contributed by atoms with Crippen molar-refractivity contribution in [2.45, 2.75) is 16.8 Å². The van der Waals surface area contributed by atoms with Crippen molar-refractivity contribution in [2.24, 2.45) is 17.2 Å². The van der Waals surface area contributed by atoms with Crippen LogP contribution in [0.25, 0.3) is 0 Å². The Hall–Kier alpha value is -1.44. The largest absolute Gasteiger partial charge is 0.367 e. The lowest BCUT2D eigenvalue weighted by Gasteiger charge is -2.09. The maximum absolute atomic E-state index is 11.7. The maximum atomic E-state index is 11.7. The van der Waals surface area contributed by atoms with E-state index in [1.807, 2.05) is 0 Å². The highest BCUT2D eigenvalue weighted by atomic mass is 32.2. The summed E-state index contributed by atoms with van der Waals surface area (Å²) in [7, 11) is -3.90. The van der Waals surface area contributed by atoms with Gasteiger partial charge in [0.25, 0.3) is 0 Å². The second-order valence-corrected chi connectivity index (χ2v) is 5.29. The zero-order valence-electron chi connectivity index (χ0n) is 8.46. The first-order chi connectivity index (χ1) is 7.39. The lowest BCUT2D eigenvalue weighted by Crippen LogP contribution is -2.43. The van der Waals surface area contributed by atoms with Crippen LogP contribution in [0.2, 0.25) is 0 Å². The van der Waals surface area contributed by atoms with Crippen LogP contribution in [0.1, 0.15) is 5.56 Å². The van der Waals surface area contributed by atoms with Crippen molar-refractivity contribution in [3.05, 3.63) is 29.8 Å². The molecule has 1 atom stereocenters. The predicted molar refractivity (Wildman–Crippen MR) is 58.7 cm³/mol. The van der Waals surface area contributed by atoms with E-state index in [0.717, 1.165) is 5.56 Å². The number of nitrogens with two attached hydrogens (primary N) is 3. The molecule has 6 N–H and O–H groups in total. The molecule has 1 amide bonds. The SMILES string of the molecule is NCc1ccc(S(=O)(=O)C(N)C(N)=O)cc1. The monoisotopic (exact) mass is 243 g/mol. The standard InChI is InChI=1S/C9H13N3O3S/c10-5-6-1-3-7(4-2-6)16(14,15)9(12)8(11)13/h1-4,9H,5,10,12H2,(H2,11,13). The summed E-state index contributed by atoms with van der Waals surface area (Å²) in [5.41, 5.74) is 16.2. The van der Waals surface area contributed by atoms with Gasteiger partial charge in [0.1, 0.15) is 0 Å². The normalized spacial score (nSPS) is 13.4. The molecule has 16 heavy (non-hydrogen) atoms. The van der Waals surface area contributed by atoms with E-state index in [-0.39, 0.29) is 4.90 Å². The van der Waals surface area contributed by atoms with Crippen molar-refractivity contribution in [1.29, 1.82) is 0 Å². The number of primary amides is 1. The first-order valence-electron chi connectivity index (χ1n) is 4.47. The fourth-order valence-electron chi connectivity index (χ4n) is 1.11. The van der Waals surface area contributed by atoms with Crippen molar-refractivity contribution in [2.75, 3.05) is 0 Å². The van der Waals surface area contributed by atoms with Crippen molar-refractivity contribution in [3.8, 4) is 0 Å². The van der Waals surface area contributed by atoms with Crippen LogP contribution < -0.4 is 17.2 Å². The molecule has 0 radical (unpaired) electrons. The molecule has 0 fully saturated rings. The van der Waals surface area contributed by atoms with Gasteiger partial charge in [-0.3, -0.25) is 4.79 Å². The minimum atomic E-state index is -3.90. The molecule has 88 valence electrons. The molecular formula is C9H13N3O3S. The number of amides is 1. The zero-order chi connectivity index (χ0) is 12.3. The van der Waals surface area contributed by atoms with E-state index < -0.39 is 21.1 Å². The number of hydrogen-bond donors (Lipinski definition) is 3. The van der Waals surface area contributed by atoms with Crippen molar-refractivity contribution < 1.29 is 13.2 Å². The lowest BCUT2D eigenvalue weighted by molar-refractivity contribution is -0.117. The Kier molecular flexibility index (Phi) is 3.63. The fraction of sp³-hybridized carbons (Fsp3) is 0.222. The van der Waals surface area contributed by atoms with Crippen LogP contribution >= 0.6 is 0 Å². The molecule has 0 aliphatic carbocycles. The van der Waals surface area contributed by atoms with Gasteiger partial charge in [0.15, 0.2) is 5.37 Å². The van der Waals surface area contributed by atoms with Gasteiger partial charge in [0.2, 0.25) is 15.7 Å². The zero-order valence-corrected chi connectivity index (χ0v) is 9.28. The molecule has 0 aliphatic rings. The van der Waals surface area contributed by atoms with Crippen LogP contribution in [0.5, 0.6) is 0 Å². The van der Waals surface area contributed by atoms with Crippen molar-refractivity contribution in [3.63, 3.8) is 0 Å². The molecule has 1 rings (SSSR count). The van der Waals surface area contributed by atoms with E-state index in [1.54, 1.807) is 12.1 Å². The lowest BCUT2D eigenvalue weighted by atomic mass is 10.2. The van der Waals surface area contributed by atoms with Crippen LogP contribution in [-0.2, 0) is 21.2 Å². The van der Waals surface area contributed by atoms with E-state index in [9.17, 15) is 13.2 Å². The van der Waals surface area contributed by atoms with Crippen molar-refractivity contribution >= 4 is 15.7 Å². The Morgan fingerprint density at radius 3 is 2.12 bits per heavy atom. The molecule has 0 saturated heterocycles. The molecule has 1 aromatic rings. The average molecular weight is 243 g/mol. The van der Waals surface area contributed by atoms with Crippen molar-refractivity contribution in [1.82, 2.24) is 0 Å². The number of sulfone groups is 1. The predicted octanol–water partition coefficient (Wildman–Crippen LogP) is -1.31. The highest BCUT2D eigenvalue weighted by molar-refractivity contribution is 7.92. The Balaban J connectivity index is 3.13. The van der Waals surface area contributed by atoms with Crippen LogP contribution in [-0.4, -0.2) is 19.7 Å². The number of rotatable bonds is 4. The topological polar surface area (TPSA) is 129 Å². The first-order valence-corrected chi connectivity index (χ1v) is 6.02. The molecule has 0 spiro atoms. The summed E-state index contributed by atoms with van der Waals surface area (Å²) in [6.45, 7) is 0.308. The third kappa shape index (κ3) is 2.38. The summed E-state index contributed by atoms with van der Waals surface area (Å²) < 4.78 is 23.4. The number of carbonyl (C=O) groups is 1. The number of hydrogen-bond acceptors (Lipinski definition) is 5. The molecule has 0 aromatic heterocycles. The second-order valence-electron chi connectivity index (χ2n) is 3.22. The summed E-state index contributed by atoms with van der Waals surface area (Å²) >= 11 is 0. The van der Waals surface area contributed by atoms with Crippen LogP contribution in [0.15, 0.2) is 29.2 Å². The van der Waals surface area contributed by atoms with Gasteiger partial charge in [-0.1, -0.05) is 12.1 Å². The molecule has 0 heterocycles. The number of benzene rings is 1. The summed E-state index contributed by atoms with van der Waals surface area (Å²) in [5, 5.41) is -1.73. The highest BCUT2D eigenvalue weighted by Crippen LogP contribution is 2.14. The van der Waals surface area contributed by atoms with Gasteiger partial charge >= 0.3 is 0 Å². The maximum Gasteiger partial charge on any atom is 0.250 e. The van der Waals surface area contributed by atoms with Gasteiger partial charge in [-0.25, -0.2) is 8.42 Å². The molecule has 1 unspecified atom stereocenters. The van der Waals surface area contributed by atoms with E-state index in [0.29, 0.717) is 6.54 Å². The Labute approximate surface area is 93.3 Å². The Morgan fingerprint density at radius 1 is 1.25 bits per heavy atom. The summed E-state index contributed by atoms with van der Waals surface area (Å²) in [4.78, 5) is 10.7. The van der Waals surface area contributed by atoms with E-state index in [1.165, 1.54) is 12.1 Å². The van der Waals surface area contributed by atoms with Crippen LogP contribution in [0, 0.1) is 0 Å². The minimum Gasteiger partial charge on any atom is -0.367 e. The Bertz CT molecular complexity index is 481. The molecule has 0 saturated carbocycles. The molecular weight excluding hydrogens is 230 g/mol. The number of carbonyl (C=O) groups excluding carboxylic acids is 1. The first kappa shape index (κ1) is 12.6. The summed E-state index contributed by atoms with van der Waals surface area (Å²) in [6.07, 6.45) is 0. The summed E-state index contributed by atoms with van der Waals surface area (Å²) in [5.74, 6) is -1.08. The van der Waals surface area contributed by atoms with Crippen LogP contribution in [0.4, 0.5) is 0 Å².